The van der Waals surface area contributed by atoms with Gasteiger partial charge in [-0.1, -0.05) is 12.1 Å². The Bertz CT molecular complexity index is 808. The molecule has 3 rings (SSSR count). The lowest BCUT2D eigenvalue weighted by atomic mass is 10.1. The Hall–Kier alpha value is -2.14. The Kier molecular flexibility index (Phi) is 3.98. The molecule has 2 aromatic heterocycles. The van der Waals surface area contributed by atoms with Gasteiger partial charge in [-0.15, -0.1) is 0 Å². The molecule has 0 unspecified atom stereocenters. The van der Waals surface area contributed by atoms with Crippen molar-refractivity contribution in [2.45, 2.75) is 26.3 Å². The van der Waals surface area contributed by atoms with Crippen molar-refractivity contribution >= 4 is 28.2 Å². The molecule has 0 aliphatic rings. The zero-order valence-electron chi connectivity index (χ0n) is 12.4. The van der Waals surface area contributed by atoms with Gasteiger partial charge in [0, 0.05) is 17.0 Å². The minimum atomic E-state index is -0.453. The van der Waals surface area contributed by atoms with Crippen molar-refractivity contribution in [3.63, 3.8) is 0 Å². The summed E-state index contributed by atoms with van der Waals surface area (Å²) < 4.78 is 19.2. The number of carbonyl (C=O) groups is 1. The Labute approximate surface area is 131 Å². The summed E-state index contributed by atoms with van der Waals surface area (Å²) in [5, 5.41) is 7.61. The van der Waals surface area contributed by atoms with E-state index in [1.54, 1.807) is 30.4 Å². The van der Waals surface area contributed by atoms with E-state index in [9.17, 15) is 9.18 Å². The third-order valence-electron chi connectivity index (χ3n) is 3.62. The van der Waals surface area contributed by atoms with Crippen molar-refractivity contribution in [2.75, 3.05) is 0 Å². The number of aryl methyl sites for hydroxylation is 1. The molecule has 0 aliphatic carbocycles. The molecule has 1 atom stereocenters. The smallest absolute Gasteiger partial charge is 0.287 e. The van der Waals surface area contributed by atoms with Crippen LogP contribution in [0.3, 0.4) is 0 Å². The maximum absolute atomic E-state index is 13.7. The number of carbonyl (C=O) groups excluding carboxylic acids is 1. The second-order valence-electron chi connectivity index (χ2n) is 5.38. The molecule has 1 N–H and O–H groups in total. The van der Waals surface area contributed by atoms with E-state index in [0.29, 0.717) is 10.9 Å². The molecule has 0 fully saturated rings. The number of furan rings is 1. The van der Waals surface area contributed by atoms with Gasteiger partial charge in [0.15, 0.2) is 17.2 Å². The van der Waals surface area contributed by atoms with E-state index in [2.05, 4.69) is 10.7 Å². The standard InChI is InChI=1S/C17H16FNO2S/c1-10(8-12-6-7-22-9-12)19-17(20)15-11(2)13-4-3-5-14(18)16(13)21-15/h3-7,9-10H,8H2,1-2H3,(H,19,20)/t10-/m0/s1. The van der Waals surface area contributed by atoms with E-state index in [4.69, 9.17) is 4.42 Å². The van der Waals surface area contributed by atoms with Gasteiger partial charge in [-0.25, -0.2) is 4.39 Å². The molecule has 1 amide bonds. The van der Waals surface area contributed by atoms with Crippen LogP contribution in [0.15, 0.2) is 39.4 Å². The van der Waals surface area contributed by atoms with Crippen LogP contribution >= 0.6 is 11.3 Å². The number of nitrogens with one attached hydrogen (secondary N) is 1. The van der Waals surface area contributed by atoms with Crippen LogP contribution in [0.5, 0.6) is 0 Å². The van der Waals surface area contributed by atoms with E-state index in [-0.39, 0.29) is 23.3 Å². The lowest BCUT2D eigenvalue weighted by Crippen LogP contribution is -2.34. The van der Waals surface area contributed by atoms with E-state index < -0.39 is 5.82 Å². The topological polar surface area (TPSA) is 42.2 Å². The maximum Gasteiger partial charge on any atom is 0.287 e. The van der Waals surface area contributed by atoms with Crippen LogP contribution in [-0.4, -0.2) is 11.9 Å². The van der Waals surface area contributed by atoms with Crippen LogP contribution in [0.25, 0.3) is 11.0 Å². The summed E-state index contributed by atoms with van der Waals surface area (Å²) in [6, 6.07) is 6.70. The first-order valence-corrected chi connectivity index (χ1v) is 8.00. The van der Waals surface area contributed by atoms with E-state index >= 15 is 0 Å². The van der Waals surface area contributed by atoms with Gasteiger partial charge in [0.1, 0.15) is 0 Å². The molecular formula is C17H16FNO2S. The molecule has 3 nitrogen and oxygen atoms in total. The number of fused-ring (bicyclic) bond motifs is 1. The van der Waals surface area contributed by atoms with Gasteiger partial charge >= 0.3 is 0 Å². The summed E-state index contributed by atoms with van der Waals surface area (Å²) >= 11 is 1.63. The van der Waals surface area contributed by atoms with E-state index in [1.165, 1.54) is 11.6 Å². The number of hydrogen-bond acceptors (Lipinski definition) is 3. The van der Waals surface area contributed by atoms with Crippen molar-refractivity contribution in [1.29, 1.82) is 0 Å². The van der Waals surface area contributed by atoms with Crippen molar-refractivity contribution < 1.29 is 13.6 Å². The number of thiophene rings is 1. The van der Waals surface area contributed by atoms with E-state index in [1.807, 2.05) is 18.4 Å². The molecular weight excluding hydrogens is 301 g/mol. The normalized spacial score (nSPS) is 12.5. The van der Waals surface area contributed by atoms with Crippen LogP contribution in [0.1, 0.15) is 28.6 Å². The highest BCUT2D eigenvalue weighted by molar-refractivity contribution is 7.07. The quantitative estimate of drug-likeness (QED) is 0.779. The second kappa shape index (κ2) is 5.93. The maximum atomic E-state index is 13.7. The Balaban J connectivity index is 1.80. The predicted molar refractivity (Wildman–Crippen MR) is 85.9 cm³/mol. The van der Waals surface area contributed by atoms with Crippen LogP contribution in [0, 0.1) is 12.7 Å². The average Bonchev–Trinajstić information content (AvgIpc) is 3.08. The molecule has 0 bridgehead atoms. The molecule has 1 aromatic carbocycles. The fourth-order valence-electron chi connectivity index (χ4n) is 2.53. The van der Waals surface area contributed by atoms with Crippen LogP contribution in [-0.2, 0) is 6.42 Å². The summed E-state index contributed by atoms with van der Waals surface area (Å²) in [5.41, 5.74) is 1.98. The summed E-state index contributed by atoms with van der Waals surface area (Å²) in [7, 11) is 0. The van der Waals surface area contributed by atoms with Gasteiger partial charge in [-0.3, -0.25) is 4.79 Å². The average molecular weight is 317 g/mol. The highest BCUT2D eigenvalue weighted by Gasteiger charge is 2.20. The number of hydrogen-bond donors (Lipinski definition) is 1. The minimum Gasteiger partial charge on any atom is -0.448 e. The van der Waals surface area contributed by atoms with Crippen LogP contribution in [0.4, 0.5) is 4.39 Å². The first-order valence-electron chi connectivity index (χ1n) is 7.06. The lowest BCUT2D eigenvalue weighted by molar-refractivity contribution is 0.0913. The van der Waals surface area contributed by atoms with Crippen molar-refractivity contribution in [1.82, 2.24) is 5.32 Å². The molecule has 2 heterocycles. The Morgan fingerprint density at radius 3 is 2.91 bits per heavy atom. The first kappa shape index (κ1) is 14.8. The Morgan fingerprint density at radius 2 is 2.23 bits per heavy atom. The third-order valence-corrected chi connectivity index (χ3v) is 4.35. The summed E-state index contributed by atoms with van der Waals surface area (Å²) in [6.07, 6.45) is 0.753. The van der Waals surface area contributed by atoms with Crippen LogP contribution in [0.2, 0.25) is 0 Å². The van der Waals surface area contributed by atoms with Crippen molar-refractivity contribution in [3.8, 4) is 0 Å². The molecule has 0 radical (unpaired) electrons. The fraction of sp³-hybridized carbons (Fsp3) is 0.235. The second-order valence-corrected chi connectivity index (χ2v) is 6.16. The van der Waals surface area contributed by atoms with Crippen molar-refractivity contribution in [2.24, 2.45) is 0 Å². The SMILES string of the molecule is Cc1c(C(=O)N[C@@H](C)Cc2ccsc2)oc2c(F)cccc12. The van der Waals surface area contributed by atoms with Gasteiger partial charge in [-0.05, 0) is 48.7 Å². The zero-order chi connectivity index (χ0) is 15.7. The largest absolute Gasteiger partial charge is 0.448 e. The zero-order valence-corrected chi connectivity index (χ0v) is 13.2. The summed E-state index contributed by atoms with van der Waals surface area (Å²) in [5.74, 6) is -0.584. The van der Waals surface area contributed by atoms with Gasteiger partial charge in [0.05, 0.1) is 0 Å². The number of rotatable bonds is 4. The number of para-hydroxylation sites is 1. The molecule has 5 heteroatoms. The molecule has 114 valence electrons. The Morgan fingerprint density at radius 1 is 1.41 bits per heavy atom. The fourth-order valence-corrected chi connectivity index (χ4v) is 3.21. The number of benzene rings is 1. The molecule has 22 heavy (non-hydrogen) atoms. The molecule has 0 spiro atoms. The van der Waals surface area contributed by atoms with Gasteiger partial charge in [-0.2, -0.15) is 11.3 Å². The number of amides is 1. The monoisotopic (exact) mass is 317 g/mol. The summed E-state index contributed by atoms with van der Waals surface area (Å²) in [4.78, 5) is 12.4. The van der Waals surface area contributed by atoms with Gasteiger partial charge in [0.2, 0.25) is 0 Å². The lowest BCUT2D eigenvalue weighted by Gasteiger charge is -2.12. The van der Waals surface area contributed by atoms with E-state index in [0.717, 1.165) is 6.42 Å². The highest BCUT2D eigenvalue weighted by atomic mass is 32.1. The predicted octanol–water partition coefficient (Wildman–Crippen LogP) is 4.30. The highest BCUT2D eigenvalue weighted by Crippen LogP contribution is 2.27. The van der Waals surface area contributed by atoms with Gasteiger partial charge in [0.25, 0.3) is 5.91 Å². The molecule has 0 saturated heterocycles. The third kappa shape index (κ3) is 2.76. The van der Waals surface area contributed by atoms with Gasteiger partial charge < -0.3 is 9.73 Å². The first-order chi connectivity index (χ1) is 10.6. The molecule has 0 saturated carbocycles. The number of halogens is 1. The minimum absolute atomic E-state index is 0.0282. The van der Waals surface area contributed by atoms with Crippen molar-refractivity contribution in [3.05, 3.63) is 57.7 Å². The summed E-state index contributed by atoms with van der Waals surface area (Å²) in [6.45, 7) is 3.71. The molecule has 0 aliphatic heterocycles. The van der Waals surface area contributed by atoms with Crippen LogP contribution < -0.4 is 5.32 Å². The molecule has 3 aromatic rings.